The summed E-state index contributed by atoms with van der Waals surface area (Å²) < 4.78 is 18.6. The second kappa shape index (κ2) is 10.5. The van der Waals surface area contributed by atoms with Crippen molar-refractivity contribution in [3.63, 3.8) is 0 Å². The first-order valence-corrected chi connectivity index (χ1v) is 13.2. The highest BCUT2D eigenvalue weighted by molar-refractivity contribution is 9.10. The molecule has 2 N–H and O–H groups in total. The van der Waals surface area contributed by atoms with Gasteiger partial charge in [-0.3, -0.25) is 15.0 Å². The van der Waals surface area contributed by atoms with Gasteiger partial charge in [-0.15, -0.1) is 0 Å². The van der Waals surface area contributed by atoms with Crippen molar-refractivity contribution >= 4 is 50.7 Å². The summed E-state index contributed by atoms with van der Waals surface area (Å²) in [4.78, 5) is 38.0. The predicted octanol–water partition coefficient (Wildman–Crippen LogP) is 3.07. The van der Waals surface area contributed by atoms with Crippen LogP contribution in [-0.4, -0.2) is 62.8 Å². The number of fused-ring (bicyclic) bond motifs is 2. The number of halogens is 1. The fourth-order valence-electron chi connectivity index (χ4n) is 4.30. The average Bonchev–Trinajstić information content (AvgIpc) is 3.50. The Morgan fingerprint density at radius 3 is 2.78 bits per heavy atom. The van der Waals surface area contributed by atoms with Crippen molar-refractivity contribution in [2.24, 2.45) is 5.92 Å². The Bertz CT molecular complexity index is 1370. The molecular weight excluding hydrogens is 552 g/mol. The van der Waals surface area contributed by atoms with Crippen LogP contribution >= 0.6 is 27.7 Å². The third-order valence-corrected chi connectivity index (χ3v) is 8.14. The summed E-state index contributed by atoms with van der Waals surface area (Å²) >= 11 is 5.01. The van der Waals surface area contributed by atoms with Gasteiger partial charge in [0.05, 0.1) is 6.33 Å². The highest BCUT2D eigenvalue weighted by Gasteiger charge is 2.24. The van der Waals surface area contributed by atoms with Crippen molar-refractivity contribution in [2.75, 3.05) is 26.5 Å². The number of amides is 1. The number of benzene rings is 1. The summed E-state index contributed by atoms with van der Waals surface area (Å²) in [5, 5.41) is 8.88. The average molecular weight is 577 g/mol. The zero-order valence-corrected chi connectivity index (χ0v) is 22.0. The zero-order chi connectivity index (χ0) is 25.2. The van der Waals surface area contributed by atoms with Crippen LogP contribution in [0.1, 0.15) is 26.2 Å². The van der Waals surface area contributed by atoms with E-state index in [1.165, 1.54) is 18.7 Å². The maximum atomic E-state index is 12.2. The lowest BCUT2D eigenvalue weighted by atomic mass is 9.93. The Balaban J connectivity index is 1.23. The number of rotatable bonds is 7. The number of aromatic amines is 1. The number of likely N-dealkylation sites (tertiary alicyclic amines) is 1. The van der Waals surface area contributed by atoms with Gasteiger partial charge in [-0.2, -0.15) is 0 Å². The van der Waals surface area contributed by atoms with Crippen molar-refractivity contribution in [2.45, 2.75) is 42.8 Å². The number of nitrogens with one attached hydrogen (secondary N) is 2. The maximum Gasteiger partial charge on any atom is 0.303 e. The topological polar surface area (TPSA) is 135 Å². The number of H-pyrrole nitrogens is 1. The maximum absolute atomic E-state index is 12.2. The number of imidazole rings is 1. The molecule has 13 heteroatoms. The number of esters is 1. The summed E-state index contributed by atoms with van der Waals surface area (Å²) in [6.07, 6.45) is 4.35. The van der Waals surface area contributed by atoms with E-state index in [0.29, 0.717) is 53.4 Å². The van der Waals surface area contributed by atoms with Crippen LogP contribution in [0.25, 0.3) is 11.2 Å². The fourth-order valence-corrected chi connectivity index (χ4v) is 5.68. The third kappa shape index (κ3) is 5.36. The smallest absolute Gasteiger partial charge is 0.303 e. The number of nitrogens with zero attached hydrogens (tertiary/aromatic N) is 4. The molecule has 2 aliphatic rings. The molecule has 1 fully saturated rings. The molecule has 0 atom stereocenters. The van der Waals surface area contributed by atoms with Gasteiger partial charge < -0.3 is 28.7 Å². The van der Waals surface area contributed by atoms with E-state index >= 15 is 0 Å². The van der Waals surface area contributed by atoms with Crippen LogP contribution in [0.2, 0.25) is 0 Å². The van der Waals surface area contributed by atoms with Gasteiger partial charge in [0.15, 0.2) is 34.4 Å². The predicted molar refractivity (Wildman–Crippen MR) is 133 cm³/mol. The molecule has 3 aromatic rings. The van der Waals surface area contributed by atoms with E-state index in [-0.39, 0.29) is 24.8 Å². The van der Waals surface area contributed by atoms with Gasteiger partial charge in [-0.05, 0) is 53.2 Å². The van der Waals surface area contributed by atoms with Crippen molar-refractivity contribution in [1.82, 2.24) is 24.4 Å². The summed E-state index contributed by atoms with van der Waals surface area (Å²) in [6, 6.07) is 3.78. The highest BCUT2D eigenvalue weighted by Crippen LogP contribution is 2.42. The van der Waals surface area contributed by atoms with E-state index in [4.69, 9.17) is 24.6 Å². The Hall–Kier alpha value is -3.06. The van der Waals surface area contributed by atoms with E-state index in [2.05, 4.69) is 25.9 Å². The van der Waals surface area contributed by atoms with Crippen LogP contribution in [0.3, 0.4) is 0 Å². The summed E-state index contributed by atoms with van der Waals surface area (Å²) in [7, 11) is 0. The molecule has 2 aliphatic heterocycles. The molecule has 1 saturated heterocycles. The van der Waals surface area contributed by atoms with Crippen LogP contribution in [0.5, 0.6) is 11.5 Å². The largest absolute Gasteiger partial charge is 0.456 e. The molecule has 1 amide bonds. The first kappa shape index (κ1) is 24.6. The normalized spacial score (nSPS) is 15.4. The third-order valence-electron chi connectivity index (χ3n) is 6.28. The molecular formula is C23H25BrN6O5S. The lowest BCUT2D eigenvalue weighted by Gasteiger charge is -2.32. The lowest BCUT2D eigenvalue weighted by molar-refractivity contribution is -0.150. The van der Waals surface area contributed by atoms with E-state index < -0.39 is 5.97 Å². The SMILES string of the molecule is CC(=O)OCC(=O)N1CCC(CCn2cnc(=N)c3[nH]c(Sc4cc5c(cc4Br)OCO5)nc32)CC1. The van der Waals surface area contributed by atoms with Crippen LogP contribution < -0.4 is 15.0 Å². The monoisotopic (exact) mass is 576 g/mol. The fraction of sp³-hybridized carbons (Fsp3) is 0.435. The minimum atomic E-state index is -0.447. The molecule has 11 nitrogen and oxygen atoms in total. The number of aromatic nitrogens is 4. The molecule has 0 unspecified atom stereocenters. The standard InChI is InChI=1S/C23H25BrN6O5S/c1-13(31)33-10-19(32)29-5-2-14(3-6-29)4-7-30-11-26-21(25)20-22(30)28-23(27-20)36-18-9-17-16(8-15(18)24)34-12-35-17/h8-9,11,14,25H,2-7,10,12H2,1H3,(H,27,28). The number of piperidine rings is 1. The van der Waals surface area contributed by atoms with Crippen LogP contribution in [-0.2, 0) is 20.9 Å². The van der Waals surface area contributed by atoms with Crippen LogP contribution in [0.4, 0.5) is 0 Å². The van der Waals surface area contributed by atoms with Gasteiger partial charge in [0.2, 0.25) is 6.79 Å². The number of carbonyl (C=O) groups excluding carboxylic acids is 2. The molecule has 2 aromatic heterocycles. The van der Waals surface area contributed by atoms with Crippen molar-refractivity contribution in [3.05, 3.63) is 28.4 Å². The number of hydrogen-bond acceptors (Lipinski definition) is 9. The molecule has 0 radical (unpaired) electrons. The summed E-state index contributed by atoms with van der Waals surface area (Å²) in [6.45, 7) is 3.33. The van der Waals surface area contributed by atoms with Crippen molar-refractivity contribution < 1.29 is 23.8 Å². The number of aryl methyl sites for hydroxylation is 1. The molecule has 0 bridgehead atoms. The van der Waals surface area contributed by atoms with Gasteiger partial charge in [-0.25, -0.2) is 9.97 Å². The zero-order valence-electron chi connectivity index (χ0n) is 19.6. The van der Waals surface area contributed by atoms with E-state index in [0.717, 1.165) is 28.6 Å². The second-order valence-electron chi connectivity index (χ2n) is 8.66. The van der Waals surface area contributed by atoms with Gasteiger partial charge in [0.25, 0.3) is 5.91 Å². The van der Waals surface area contributed by atoms with E-state index in [1.54, 1.807) is 11.2 Å². The second-order valence-corrected chi connectivity index (χ2v) is 10.5. The highest BCUT2D eigenvalue weighted by atomic mass is 79.9. The number of hydrogen-bond donors (Lipinski definition) is 2. The van der Waals surface area contributed by atoms with Crippen molar-refractivity contribution in [1.29, 1.82) is 5.41 Å². The van der Waals surface area contributed by atoms with E-state index in [1.807, 2.05) is 16.7 Å². The lowest BCUT2D eigenvalue weighted by Crippen LogP contribution is -2.40. The quantitative estimate of drug-likeness (QED) is 0.409. The summed E-state index contributed by atoms with van der Waals surface area (Å²) in [5.74, 6) is 1.25. The molecule has 5 rings (SSSR count). The first-order chi connectivity index (χ1) is 17.4. The van der Waals surface area contributed by atoms with Crippen LogP contribution in [0.15, 0.2) is 33.0 Å². The minimum absolute atomic E-state index is 0.143. The Morgan fingerprint density at radius 2 is 2.03 bits per heavy atom. The van der Waals surface area contributed by atoms with Crippen molar-refractivity contribution in [3.8, 4) is 11.5 Å². The number of carbonyl (C=O) groups is 2. The van der Waals surface area contributed by atoms with Gasteiger partial charge in [0.1, 0.15) is 5.52 Å². The Morgan fingerprint density at radius 1 is 1.28 bits per heavy atom. The van der Waals surface area contributed by atoms with Crippen LogP contribution in [0, 0.1) is 11.3 Å². The minimum Gasteiger partial charge on any atom is -0.456 e. The van der Waals surface area contributed by atoms with Gasteiger partial charge in [-0.1, -0.05) is 11.8 Å². The molecule has 0 saturated carbocycles. The van der Waals surface area contributed by atoms with E-state index in [9.17, 15) is 9.59 Å². The molecule has 0 spiro atoms. The Kier molecular flexibility index (Phi) is 7.19. The summed E-state index contributed by atoms with van der Waals surface area (Å²) in [5.41, 5.74) is 1.41. The molecule has 4 heterocycles. The van der Waals surface area contributed by atoms with Gasteiger partial charge in [0, 0.05) is 35.9 Å². The number of ether oxygens (including phenoxy) is 3. The molecule has 0 aliphatic carbocycles. The molecule has 36 heavy (non-hydrogen) atoms. The molecule has 190 valence electrons. The first-order valence-electron chi connectivity index (χ1n) is 11.5. The Labute approximate surface area is 219 Å². The molecule has 1 aromatic carbocycles. The van der Waals surface area contributed by atoms with Gasteiger partial charge >= 0.3 is 5.97 Å².